The zero-order chi connectivity index (χ0) is 11.8. The number of hydrogen-bond acceptors (Lipinski definition) is 3. The van der Waals surface area contributed by atoms with Crippen molar-refractivity contribution in [2.75, 3.05) is 25.6 Å². The van der Waals surface area contributed by atoms with Crippen molar-refractivity contribution in [3.05, 3.63) is 22.4 Å². The Labute approximate surface area is 107 Å². The van der Waals surface area contributed by atoms with Gasteiger partial charge in [0.05, 0.1) is 13.2 Å². The van der Waals surface area contributed by atoms with Gasteiger partial charge in [0.15, 0.2) is 0 Å². The van der Waals surface area contributed by atoms with E-state index in [0.717, 1.165) is 19.7 Å². The van der Waals surface area contributed by atoms with Crippen molar-refractivity contribution in [1.29, 1.82) is 0 Å². The smallest absolute Gasteiger partial charge is 0.0602 e. The van der Waals surface area contributed by atoms with Crippen LogP contribution in [0.15, 0.2) is 17.5 Å². The van der Waals surface area contributed by atoms with E-state index in [4.69, 9.17) is 16.3 Å². The first kappa shape index (κ1) is 14.0. The second-order valence-electron chi connectivity index (χ2n) is 3.94. The molecule has 0 aliphatic heterocycles. The second-order valence-corrected chi connectivity index (χ2v) is 5.36. The maximum absolute atomic E-state index is 5.56. The fourth-order valence-corrected chi connectivity index (χ4v) is 2.30. The Morgan fingerprint density at radius 1 is 1.44 bits per heavy atom. The highest BCUT2D eigenvalue weighted by molar-refractivity contribution is 7.09. The van der Waals surface area contributed by atoms with E-state index in [1.807, 2.05) is 11.3 Å². The molecule has 0 spiro atoms. The minimum absolute atomic E-state index is 0.543. The lowest BCUT2D eigenvalue weighted by molar-refractivity contribution is 0.0989. The Morgan fingerprint density at radius 3 is 2.81 bits per heavy atom. The van der Waals surface area contributed by atoms with Crippen LogP contribution in [0.1, 0.15) is 18.7 Å². The lowest BCUT2D eigenvalue weighted by Crippen LogP contribution is -2.33. The summed E-state index contributed by atoms with van der Waals surface area (Å²) in [6.07, 6.45) is 0. The molecule has 4 heteroatoms. The van der Waals surface area contributed by atoms with Crippen LogP contribution in [0.2, 0.25) is 0 Å². The summed E-state index contributed by atoms with van der Waals surface area (Å²) >= 11 is 7.37. The molecule has 0 unspecified atom stereocenters. The third kappa shape index (κ3) is 5.30. The van der Waals surface area contributed by atoms with Crippen LogP contribution < -0.4 is 0 Å². The monoisotopic (exact) mass is 261 g/mol. The third-order valence-electron chi connectivity index (χ3n) is 2.41. The first-order chi connectivity index (χ1) is 7.74. The molecule has 0 bridgehead atoms. The highest BCUT2D eigenvalue weighted by Gasteiger charge is 2.10. The summed E-state index contributed by atoms with van der Waals surface area (Å²) in [4.78, 5) is 3.83. The number of halogens is 1. The average molecular weight is 262 g/mol. The fraction of sp³-hybridized carbons (Fsp3) is 0.667. The molecular formula is C12H20ClNOS. The maximum atomic E-state index is 5.56. The first-order valence-electron chi connectivity index (χ1n) is 5.64. The van der Waals surface area contributed by atoms with E-state index in [-0.39, 0.29) is 0 Å². The van der Waals surface area contributed by atoms with Crippen LogP contribution in [0.3, 0.4) is 0 Å². The van der Waals surface area contributed by atoms with Crippen molar-refractivity contribution in [2.45, 2.75) is 26.4 Å². The summed E-state index contributed by atoms with van der Waals surface area (Å²) in [5, 5.41) is 2.12. The van der Waals surface area contributed by atoms with Gasteiger partial charge in [0, 0.05) is 29.9 Å². The van der Waals surface area contributed by atoms with E-state index in [2.05, 4.69) is 36.3 Å². The molecule has 1 heterocycles. The van der Waals surface area contributed by atoms with E-state index < -0.39 is 0 Å². The van der Waals surface area contributed by atoms with Crippen molar-refractivity contribution in [2.24, 2.45) is 0 Å². The van der Waals surface area contributed by atoms with Crippen LogP contribution in [0, 0.1) is 0 Å². The first-order valence-corrected chi connectivity index (χ1v) is 7.05. The van der Waals surface area contributed by atoms with Crippen LogP contribution in [0.25, 0.3) is 0 Å². The maximum Gasteiger partial charge on any atom is 0.0602 e. The molecule has 0 fully saturated rings. The molecule has 0 amide bonds. The Morgan fingerprint density at radius 2 is 2.25 bits per heavy atom. The molecular weight excluding hydrogens is 242 g/mol. The average Bonchev–Trinajstić information content (AvgIpc) is 2.75. The van der Waals surface area contributed by atoms with Gasteiger partial charge in [-0.15, -0.1) is 22.9 Å². The molecule has 0 aliphatic rings. The van der Waals surface area contributed by atoms with E-state index in [9.17, 15) is 0 Å². The van der Waals surface area contributed by atoms with Gasteiger partial charge in [-0.25, -0.2) is 0 Å². The molecule has 92 valence electrons. The van der Waals surface area contributed by atoms with Gasteiger partial charge in [0.1, 0.15) is 0 Å². The van der Waals surface area contributed by atoms with Crippen LogP contribution >= 0.6 is 22.9 Å². The molecule has 0 saturated carbocycles. The van der Waals surface area contributed by atoms with Crippen molar-refractivity contribution in [3.8, 4) is 0 Å². The predicted octanol–water partition coefficient (Wildman–Crippen LogP) is 3.21. The van der Waals surface area contributed by atoms with Gasteiger partial charge in [-0.05, 0) is 25.3 Å². The summed E-state index contributed by atoms with van der Waals surface area (Å²) in [6, 6.07) is 4.82. The summed E-state index contributed by atoms with van der Waals surface area (Å²) in [6.45, 7) is 7.82. The molecule has 1 aromatic rings. The fourth-order valence-electron chi connectivity index (χ4n) is 1.46. The Balaban J connectivity index is 2.30. The van der Waals surface area contributed by atoms with Crippen LogP contribution in [-0.4, -0.2) is 36.6 Å². The summed E-state index contributed by atoms with van der Waals surface area (Å²) in [7, 11) is 0. The van der Waals surface area contributed by atoms with Crippen molar-refractivity contribution in [3.63, 3.8) is 0 Å². The predicted molar refractivity (Wildman–Crippen MR) is 71.4 cm³/mol. The second kappa shape index (κ2) is 8.07. The summed E-state index contributed by atoms with van der Waals surface area (Å²) in [5.41, 5.74) is 0. The van der Waals surface area contributed by atoms with Crippen LogP contribution in [-0.2, 0) is 11.3 Å². The van der Waals surface area contributed by atoms with E-state index >= 15 is 0 Å². The molecule has 2 nitrogen and oxygen atoms in total. The molecule has 0 N–H and O–H groups in total. The Hall–Kier alpha value is -0.0900. The lowest BCUT2D eigenvalue weighted by Gasteiger charge is -2.25. The molecule has 0 aliphatic carbocycles. The van der Waals surface area contributed by atoms with Gasteiger partial charge in [-0.3, -0.25) is 4.90 Å². The number of rotatable bonds is 8. The van der Waals surface area contributed by atoms with E-state index in [1.54, 1.807) is 0 Å². The number of ether oxygens (including phenoxy) is 1. The van der Waals surface area contributed by atoms with E-state index in [1.165, 1.54) is 4.88 Å². The van der Waals surface area contributed by atoms with Gasteiger partial charge in [-0.1, -0.05) is 6.07 Å². The third-order valence-corrected chi connectivity index (χ3v) is 3.43. The van der Waals surface area contributed by atoms with Gasteiger partial charge in [0.25, 0.3) is 0 Å². The van der Waals surface area contributed by atoms with E-state index in [0.29, 0.717) is 18.5 Å². The quantitative estimate of drug-likeness (QED) is 0.526. The van der Waals surface area contributed by atoms with Crippen LogP contribution in [0.4, 0.5) is 0 Å². The molecule has 0 saturated heterocycles. The topological polar surface area (TPSA) is 12.5 Å². The Kier molecular flexibility index (Phi) is 7.05. The van der Waals surface area contributed by atoms with Gasteiger partial charge in [-0.2, -0.15) is 0 Å². The standard InChI is InChI=1S/C12H20ClNOS/c1-11(2)14(6-8-15-7-5-13)10-12-4-3-9-16-12/h3-4,9,11H,5-8,10H2,1-2H3. The van der Waals surface area contributed by atoms with Gasteiger partial charge in [0.2, 0.25) is 0 Å². The normalized spacial score (nSPS) is 11.6. The lowest BCUT2D eigenvalue weighted by atomic mass is 10.3. The Bertz CT molecular complexity index is 264. The largest absolute Gasteiger partial charge is 0.379 e. The zero-order valence-electron chi connectivity index (χ0n) is 9.99. The SMILES string of the molecule is CC(C)N(CCOCCCl)Cc1cccs1. The van der Waals surface area contributed by atoms with Crippen LogP contribution in [0.5, 0.6) is 0 Å². The summed E-state index contributed by atoms with van der Waals surface area (Å²) < 4.78 is 5.41. The molecule has 0 atom stereocenters. The van der Waals surface area contributed by atoms with Crippen molar-refractivity contribution < 1.29 is 4.74 Å². The zero-order valence-corrected chi connectivity index (χ0v) is 11.6. The minimum Gasteiger partial charge on any atom is -0.379 e. The number of alkyl halides is 1. The number of nitrogens with zero attached hydrogens (tertiary/aromatic N) is 1. The summed E-state index contributed by atoms with van der Waals surface area (Å²) in [5.74, 6) is 0.576. The highest BCUT2D eigenvalue weighted by Crippen LogP contribution is 2.13. The molecule has 16 heavy (non-hydrogen) atoms. The molecule has 0 radical (unpaired) electrons. The number of thiophene rings is 1. The highest BCUT2D eigenvalue weighted by atomic mass is 35.5. The molecule has 1 aromatic heterocycles. The van der Waals surface area contributed by atoms with Gasteiger partial charge < -0.3 is 4.74 Å². The molecule has 0 aromatic carbocycles. The van der Waals surface area contributed by atoms with Gasteiger partial charge >= 0.3 is 0 Å². The van der Waals surface area contributed by atoms with Crippen molar-refractivity contribution in [1.82, 2.24) is 4.90 Å². The molecule has 1 rings (SSSR count). The van der Waals surface area contributed by atoms with Crippen molar-refractivity contribution >= 4 is 22.9 Å². The number of hydrogen-bond donors (Lipinski definition) is 0. The minimum atomic E-state index is 0.543.